The third-order valence-electron chi connectivity index (χ3n) is 4.30. The SMILES string of the molecule is CCOC(=O)C(C)(CCC(=O)Nc1ccccc1)CC(C)(C)C(=O)OC. The molecule has 6 heteroatoms. The number of nitrogens with one attached hydrogen (secondary N) is 1. The third-order valence-corrected chi connectivity index (χ3v) is 4.30. The second-order valence-electron chi connectivity index (χ2n) is 7.25. The number of benzene rings is 1. The summed E-state index contributed by atoms with van der Waals surface area (Å²) in [4.78, 5) is 36.8. The van der Waals surface area contributed by atoms with E-state index in [4.69, 9.17) is 9.47 Å². The van der Waals surface area contributed by atoms with Crippen molar-refractivity contribution in [1.29, 1.82) is 0 Å². The van der Waals surface area contributed by atoms with Crippen molar-refractivity contribution in [2.45, 2.75) is 47.0 Å². The van der Waals surface area contributed by atoms with Crippen LogP contribution in [0.2, 0.25) is 0 Å². The molecule has 0 heterocycles. The number of esters is 2. The van der Waals surface area contributed by atoms with Crippen LogP contribution in [0.3, 0.4) is 0 Å². The van der Waals surface area contributed by atoms with Gasteiger partial charge in [-0.1, -0.05) is 18.2 Å². The van der Waals surface area contributed by atoms with Crippen LogP contribution < -0.4 is 5.32 Å². The van der Waals surface area contributed by atoms with E-state index in [1.54, 1.807) is 39.8 Å². The van der Waals surface area contributed by atoms with Crippen molar-refractivity contribution in [2.24, 2.45) is 10.8 Å². The molecular weight excluding hydrogens is 334 g/mol. The lowest BCUT2D eigenvalue weighted by molar-refractivity contribution is -0.161. The average molecular weight is 363 g/mol. The Morgan fingerprint density at radius 3 is 2.19 bits per heavy atom. The molecule has 0 spiro atoms. The van der Waals surface area contributed by atoms with E-state index in [1.165, 1.54) is 7.11 Å². The topological polar surface area (TPSA) is 81.7 Å². The molecule has 0 saturated heterocycles. The summed E-state index contributed by atoms with van der Waals surface area (Å²) in [6.07, 6.45) is 0.635. The van der Waals surface area contributed by atoms with Gasteiger partial charge in [-0.05, 0) is 52.7 Å². The maximum Gasteiger partial charge on any atom is 0.311 e. The van der Waals surface area contributed by atoms with Crippen molar-refractivity contribution in [2.75, 3.05) is 19.0 Å². The zero-order valence-electron chi connectivity index (χ0n) is 16.3. The third kappa shape index (κ3) is 6.17. The van der Waals surface area contributed by atoms with Gasteiger partial charge in [0, 0.05) is 12.1 Å². The maximum absolute atomic E-state index is 12.5. The van der Waals surface area contributed by atoms with Gasteiger partial charge in [0.25, 0.3) is 0 Å². The maximum atomic E-state index is 12.5. The Morgan fingerprint density at radius 1 is 1.04 bits per heavy atom. The van der Waals surface area contributed by atoms with Gasteiger partial charge in [-0.15, -0.1) is 0 Å². The Kier molecular flexibility index (Phi) is 7.80. The number of hydrogen-bond acceptors (Lipinski definition) is 5. The molecule has 0 aliphatic heterocycles. The van der Waals surface area contributed by atoms with E-state index in [-0.39, 0.29) is 31.8 Å². The molecule has 6 nitrogen and oxygen atoms in total. The summed E-state index contributed by atoms with van der Waals surface area (Å²) in [5, 5.41) is 2.80. The quantitative estimate of drug-likeness (QED) is 0.678. The fourth-order valence-electron chi connectivity index (χ4n) is 3.03. The Hall–Kier alpha value is -2.37. The minimum atomic E-state index is -0.971. The van der Waals surface area contributed by atoms with Crippen molar-refractivity contribution in [3.05, 3.63) is 30.3 Å². The highest BCUT2D eigenvalue weighted by molar-refractivity contribution is 5.91. The number of carbonyl (C=O) groups excluding carboxylic acids is 3. The molecule has 1 aromatic rings. The monoisotopic (exact) mass is 363 g/mol. The predicted molar refractivity (Wildman–Crippen MR) is 99.5 cm³/mol. The van der Waals surface area contributed by atoms with E-state index < -0.39 is 22.8 Å². The number of ether oxygens (including phenoxy) is 2. The highest BCUT2D eigenvalue weighted by Gasteiger charge is 2.43. The predicted octanol–water partition coefficient (Wildman–Crippen LogP) is 3.56. The van der Waals surface area contributed by atoms with E-state index in [0.717, 1.165) is 0 Å². The number of methoxy groups -OCH3 is 1. The number of para-hydroxylation sites is 1. The van der Waals surface area contributed by atoms with Gasteiger partial charge in [0.2, 0.25) is 5.91 Å². The van der Waals surface area contributed by atoms with Crippen molar-refractivity contribution in [1.82, 2.24) is 0 Å². The molecule has 1 unspecified atom stereocenters. The van der Waals surface area contributed by atoms with Crippen molar-refractivity contribution < 1.29 is 23.9 Å². The van der Waals surface area contributed by atoms with Crippen LogP contribution >= 0.6 is 0 Å². The van der Waals surface area contributed by atoms with Crippen LogP contribution in [-0.2, 0) is 23.9 Å². The molecule has 0 radical (unpaired) electrons. The molecule has 1 aromatic carbocycles. The number of amides is 1. The van der Waals surface area contributed by atoms with Crippen molar-refractivity contribution >= 4 is 23.5 Å². The number of anilines is 1. The first-order valence-corrected chi connectivity index (χ1v) is 8.75. The average Bonchev–Trinajstić information content (AvgIpc) is 2.60. The van der Waals surface area contributed by atoms with Crippen LogP contribution in [0.4, 0.5) is 5.69 Å². The summed E-state index contributed by atoms with van der Waals surface area (Å²) >= 11 is 0. The largest absolute Gasteiger partial charge is 0.469 e. The molecule has 1 N–H and O–H groups in total. The van der Waals surface area contributed by atoms with Gasteiger partial charge in [0.1, 0.15) is 0 Å². The lowest BCUT2D eigenvalue weighted by Gasteiger charge is -2.34. The van der Waals surface area contributed by atoms with Crippen LogP contribution in [0.5, 0.6) is 0 Å². The summed E-state index contributed by atoms with van der Waals surface area (Å²) in [5.74, 6) is -1.01. The minimum absolute atomic E-state index is 0.140. The summed E-state index contributed by atoms with van der Waals surface area (Å²) in [6, 6.07) is 9.11. The molecule has 26 heavy (non-hydrogen) atoms. The van der Waals surface area contributed by atoms with Crippen LogP contribution in [0, 0.1) is 10.8 Å². The molecule has 1 rings (SSSR count). The van der Waals surface area contributed by atoms with Gasteiger partial charge in [0.05, 0.1) is 24.5 Å². The molecule has 144 valence electrons. The Balaban J connectivity index is 2.84. The van der Waals surface area contributed by atoms with Gasteiger partial charge in [0.15, 0.2) is 0 Å². The van der Waals surface area contributed by atoms with E-state index in [0.29, 0.717) is 5.69 Å². The van der Waals surface area contributed by atoms with Gasteiger partial charge < -0.3 is 14.8 Å². The number of carbonyl (C=O) groups is 3. The molecule has 1 atom stereocenters. The fourth-order valence-corrected chi connectivity index (χ4v) is 3.03. The van der Waals surface area contributed by atoms with Crippen molar-refractivity contribution in [3.8, 4) is 0 Å². The first kappa shape index (κ1) is 21.7. The zero-order chi connectivity index (χ0) is 19.8. The van der Waals surface area contributed by atoms with Gasteiger partial charge in [-0.3, -0.25) is 14.4 Å². The first-order chi connectivity index (χ1) is 12.1. The van der Waals surface area contributed by atoms with Crippen LogP contribution in [0.25, 0.3) is 0 Å². The van der Waals surface area contributed by atoms with Crippen molar-refractivity contribution in [3.63, 3.8) is 0 Å². The molecule has 0 aliphatic carbocycles. The molecular formula is C20H29NO5. The van der Waals surface area contributed by atoms with E-state index in [9.17, 15) is 14.4 Å². The lowest BCUT2D eigenvalue weighted by Crippen LogP contribution is -2.39. The standard InChI is InChI=1S/C20H29NO5/c1-6-26-18(24)20(4,14-19(2,3)17(23)25-5)13-12-16(22)21-15-10-8-7-9-11-15/h7-11H,6,12-14H2,1-5H3,(H,21,22). The Bertz CT molecular complexity index is 626. The lowest BCUT2D eigenvalue weighted by atomic mass is 9.71. The minimum Gasteiger partial charge on any atom is -0.469 e. The summed E-state index contributed by atoms with van der Waals surface area (Å²) in [7, 11) is 1.32. The molecule has 0 saturated carbocycles. The van der Waals surface area contributed by atoms with E-state index in [1.807, 2.05) is 18.2 Å². The van der Waals surface area contributed by atoms with E-state index >= 15 is 0 Å². The van der Waals surface area contributed by atoms with Crippen LogP contribution in [0.15, 0.2) is 30.3 Å². The molecule has 1 amide bonds. The van der Waals surface area contributed by atoms with Gasteiger partial charge in [-0.2, -0.15) is 0 Å². The normalized spacial score (nSPS) is 13.4. The highest BCUT2D eigenvalue weighted by Crippen LogP contribution is 2.39. The van der Waals surface area contributed by atoms with Gasteiger partial charge in [-0.25, -0.2) is 0 Å². The molecule has 0 aliphatic rings. The number of hydrogen-bond donors (Lipinski definition) is 1. The fraction of sp³-hybridized carbons (Fsp3) is 0.550. The second kappa shape index (κ2) is 9.36. The first-order valence-electron chi connectivity index (χ1n) is 8.75. The number of rotatable bonds is 9. The molecule has 0 bridgehead atoms. The second-order valence-corrected chi connectivity index (χ2v) is 7.25. The summed E-state index contributed by atoms with van der Waals surface area (Å²) in [6.45, 7) is 7.14. The molecule has 0 aromatic heterocycles. The smallest absolute Gasteiger partial charge is 0.311 e. The van der Waals surface area contributed by atoms with Crippen LogP contribution in [-0.4, -0.2) is 31.6 Å². The Morgan fingerprint density at radius 2 is 1.65 bits per heavy atom. The summed E-state index contributed by atoms with van der Waals surface area (Å²) < 4.78 is 10.0. The van der Waals surface area contributed by atoms with Crippen LogP contribution in [0.1, 0.15) is 47.0 Å². The zero-order valence-corrected chi connectivity index (χ0v) is 16.3. The summed E-state index contributed by atoms with van der Waals surface area (Å²) in [5.41, 5.74) is -1.14. The Labute approximate surface area is 155 Å². The van der Waals surface area contributed by atoms with Gasteiger partial charge >= 0.3 is 11.9 Å². The molecule has 0 fully saturated rings. The highest BCUT2D eigenvalue weighted by atomic mass is 16.5. The van der Waals surface area contributed by atoms with E-state index in [2.05, 4.69) is 5.32 Å².